The molecule has 0 spiro atoms. The van der Waals surface area contributed by atoms with Crippen molar-refractivity contribution in [3.05, 3.63) is 28.8 Å². The number of carbonyl (C=O) groups excluding carboxylic acids is 1. The molecule has 7 nitrogen and oxygen atoms in total. The van der Waals surface area contributed by atoms with Crippen molar-refractivity contribution < 1.29 is 23.1 Å². The molecular formula is C11H13ClN2O5S. The van der Waals surface area contributed by atoms with Crippen LogP contribution in [-0.4, -0.2) is 38.5 Å². The van der Waals surface area contributed by atoms with E-state index in [1.807, 2.05) is 0 Å². The first-order valence-electron chi connectivity index (χ1n) is 5.46. The maximum atomic E-state index is 12.0. The van der Waals surface area contributed by atoms with Gasteiger partial charge in [0.2, 0.25) is 15.9 Å². The summed E-state index contributed by atoms with van der Waals surface area (Å²) in [6.45, 7) is 1.37. The lowest BCUT2D eigenvalue weighted by Crippen LogP contribution is -2.43. The molecule has 1 aromatic carbocycles. The molecule has 0 heterocycles. The molecule has 1 rings (SSSR count). The van der Waals surface area contributed by atoms with Gasteiger partial charge < -0.3 is 10.4 Å². The molecule has 20 heavy (non-hydrogen) atoms. The summed E-state index contributed by atoms with van der Waals surface area (Å²) >= 11 is 5.66. The van der Waals surface area contributed by atoms with E-state index in [1.165, 1.54) is 20.0 Å². The number of nitrogens with one attached hydrogen (secondary N) is 2. The lowest BCUT2D eigenvalue weighted by atomic mass is 10.2. The van der Waals surface area contributed by atoms with Gasteiger partial charge in [-0.15, -0.1) is 0 Å². The molecule has 0 bridgehead atoms. The number of amides is 1. The molecule has 9 heteroatoms. The van der Waals surface area contributed by atoms with Crippen LogP contribution < -0.4 is 10.0 Å². The number of carboxylic acids is 1. The second-order valence-corrected chi connectivity index (χ2v) is 6.03. The molecule has 1 amide bonds. The third-order valence-electron chi connectivity index (χ3n) is 2.45. The number of rotatable bonds is 5. The zero-order chi connectivity index (χ0) is 15.5. The fourth-order valence-electron chi connectivity index (χ4n) is 1.41. The van der Waals surface area contributed by atoms with Gasteiger partial charge in [0.05, 0.1) is 21.5 Å². The van der Waals surface area contributed by atoms with Gasteiger partial charge >= 0.3 is 5.97 Å². The van der Waals surface area contributed by atoms with E-state index in [-0.39, 0.29) is 15.5 Å². The second-order valence-electron chi connectivity index (χ2n) is 3.90. The maximum Gasteiger partial charge on any atom is 0.337 e. The molecule has 0 saturated heterocycles. The molecule has 110 valence electrons. The van der Waals surface area contributed by atoms with Crippen molar-refractivity contribution in [1.82, 2.24) is 10.0 Å². The predicted octanol–water partition coefficient (Wildman–Crippen LogP) is 0.451. The molecule has 0 fully saturated rings. The summed E-state index contributed by atoms with van der Waals surface area (Å²) in [5.41, 5.74) is -0.331. The number of carbonyl (C=O) groups is 2. The van der Waals surface area contributed by atoms with Crippen LogP contribution >= 0.6 is 11.6 Å². The first-order chi connectivity index (χ1) is 9.19. The highest BCUT2D eigenvalue weighted by Crippen LogP contribution is 2.20. The Labute approximate surface area is 121 Å². The van der Waals surface area contributed by atoms with Crippen molar-refractivity contribution >= 4 is 33.5 Å². The third kappa shape index (κ3) is 3.69. The van der Waals surface area contributed by atoms with Gasteiger partial charge in [-0.2, -0.15) is 4.72 Å². The van der Waals surface area contributed by atoms with Crippen LogP contribution in [0.3, 0.4) is 0 Å². The monoisotopic (exact) mass is 320 g/mol. The summed E-state index contributed by atoms with van der Waals surface area (Å²) < 4.78 is 26.2. The number of benzene rings is 1. The smallest absolute Gasteiger partial charge is 0.337 e. The Morgan fingerprint density at radius 2 is 1.95 bits per heavy atom. The van der Waals surface area contributed by atoms with Gasteiger partial charge in [-0.3, -0.25) is 4.79 Å². The Hall–Kier alpha value is -1.64. The number of likely N-dealkylation sites (N-methyl/N-ethyl adjacent to an activating group) is 1. The molecule has 0 aliphatic rings. The van der Waals surface area contributed by atoms with Crippen LogP contribution in [0, 0.1) is 0 Å². The van der Waals surface area contributed by atoms with Crippen molar-refractivity contribution in [2.24, 2.45) is 0 Å². The Kier molecular flexibility index (Phi) is 5.09. The Balaban J connectivity index is 3.13. The third-order valence-corrected chi connectivity index (χ3v) is 4.32. The summed E-state index contributed by atoms with van der Waals surface area (Å²) in [4.78, 5) is 21.9. The molecule has 3 N–H and O–H groups in total. The Bertz CT molecular complexity index is 644. The van der Waals surface area contributed by atoms with Crippen molar-refractivity contribution in [1.29, 1.82) is 0 Å². The van der Waals surface area contributed by atoms with Crippen molar-refractivity contribution in [2.45, 2.75) is 17.9 Å². The van der Waals surface area contributed by atoms with Gasteiger partial charge in [-0.25, -0.2) is 13.2 Å². The molecule has 0 saturated carbocycles. The Morgan fingerprint density at radius 1 is 1.35 bits per heavy atom. The quantitative estimate of drug-likeness (QED) is 0.729. The number of sulfonamides is 1. The number of carboxylic acid groups (broad SMARTS) is 1. The van der Waals surface area contributed by atoms with Gasteiger partial charge in [0.1, 0.15) is 0 Å². The van der Waals surface area contributed by atoms with Gasteiger partial charge in [0.15, 0.2) is 0 Å². The molecule has 1 aromatic rings. The van der Waals surface area contributed by atoms with Crippen LogP contribution in [0.2, 0.25) is 5.02 Å². The molecular weight excluding hydrogens is 308 g/mol. The average Bonchev–Trinajstić information content (AvgIpc) is 2.36. The highest BCUT2D eigenvalue weighted by atomic mass is 35.5. The van der Waals surface area contributed by atoms with E-state index < -0.39 is 27.9 Å². The average molecular weight is 321 g/mol. The van der Waals surface area contributed by atoms with E-state index in [9.17, 15) is 18.0 Å². The van der Waals surface area contributed by atoms with Crippen LogP contribution in [0.25, 0.3) is 0 Å². The van der Waals surface area contributed by atoms with Crippen LogP contribution in [0.4, 0.5) is 0 Å². The first-order valence-corrected chi connectivity index (χ1v) is 7.32. The van der Waals surface area contributed by atoms with Crippen LogP contribution in [0.1, 0.15) is 17.3 Å². The van der Waals surface area contributed by atoms with Crippen LogP contribution in [-0.2, 0) is 14.8 Å². The summed E-state index contributed by atoms with van der Waals surface area (Å²) in [6.07, 6.45) is 0. The summed E-state index contributed by atoms with van der Waals surface area (Å²) in [5.74, 6) is -1.85. The largest absolute Gasteiger partial charge is 0.478 e. The summed E-state index contributed by atoms with van der Waals surface area (Å²) in [5, 5.41) is 11.1. The standard InChI is InChI=1S/C11H13ClN2O5S/c1-6(10(15)13-2)14-20(18,19)7-3-4-9(12)8(5-7)11(16)17/h3-6,14H,1-2H3,(H,13,15)(H,16,17). The van der Waals surface area contributed by atoms with E-state index in [0.29, 0.717) is 0 Å². The summed E-state index contributed by atoms with van der Waals surface area (Å²) in [6, 6.07) is 2.27. The maximum absolute atomic E-state index is 12.0. The van der Waals surface area contributed by atoms with Crippen molar-refractivity contribution in [2.75, 3.05) is 7.05 Å². The highest BCUT2D eigenvalue weighted by Gasteiger charge is 2.23. The molecule has 0 aliphatic heterocycles. The van der Waals surface area contributed by atoms with E-state index in [1.54, 1.807) is 0 Å². The second kappa shape index (κ2) is 6.21. The van der Waals surface area contributed by atoms with Gasteiger partial charge in [-0.05, 0) is 25.1 Å². The van der Waals surface area contributed by atoms with Crippen molar-refractivity contribution in [3.63, 3.8) is 0 Å². The zero-order valence-corrected chi connectivity index (χ0v) is 12.2. The molecule has 0 aromatic heterocycles. The van der Waals surface area contributed by atoms with E-state index in [0.717, 1.165) is 12.1 Å². The van der Waals surface area contributed by atoms with E-state index in [4.69, 9.17) is 16.7 Å². The van der Waals surface area contributed by atoms with E-state index >= 15 is 0 Å². The fraction of sp³-hybridized carbons (Fsp3) is 0.273. The minimum atomic E-state index is -4.02. The number of hydrogen-bond acceptors (Lipinski definition) is 4. The fourth-order valence-corrected chi connectivity index (χ4v) is 2.83. The van der Waals surface area contributed by atoms with Gasteiger partial charge in [0.25, 0.3) is 0 Å². The number of aromatic carboxylic acids is 1. The highest BCUT2D eigenvalue weighted by molar-refractivity contribution is 7.89. The number of hydrogen-bond donors (Lipinski definition) is 3. The number of halogens is 1. The topological polar surface area (TPSA) is 113 Å². The minimum absolute atomic E-state index is 0.0733. The van der Waals surface area contributed by atoms with Gasteiger partial charge in [-0.1, -0.05) is 11.6 Å². The molecule has 1 unspecified atom stereocenters. The SMILES string of the molecule is CNC(=O)C(C)NS(=O)(=O)c1ccc(Cl)c(C(=O)O)c1. The normalized spacial score (nSPS) is 12.8. The minimum Gasteiger partial charge on any atom is -0.478 e. The van der Waals surface area contributed by atoms with Crippen LogP contribution in [0.15, 0.2) is 23.1 Å². The molecule has 0 aliphatic carbocycles. The molecule has 1 atom stereocenters. The predicted molar refractivity (Wildman–Crippen MR) is 72.3 cm³/mol. The lowest BCUT2D eigenvalue weighted by Gasteiger charge is -2.13. The lowest BCUT2D eigenvalue weighted by molar-refractivity contribution is -0.121. The summed E-state index contributed by atoms with van der Waals surface area (Å²) in [7, 11) is -2.65. The first kappa shape index (κ1) is 16.4. The molecule has 0 radical (unpaired) electrons. The van der Waals surface area contributed by atoms with Gasteiger partial charge in [0, 0.05) is 7.05 Å². The van der Waals surface area contributed by atoms with E-state index in [2.05, 4.69) is 10.0 Å². The zero-order valence-electron chi connectivity index (χ0n) is 10.7. The Morgan fingerprint density at radius 3 is 2.45 bits per heavy atom. The van der Waals surface area contributed by atoms with Crippen molar-refractivity contribution in [3.8, 4) is 0 Å². The van der Waals surface area contributed by atoms with Crippen LogP contribution in [0.5, 0.6) is 0 Å².